The second-order valence-corrected chi connectivity index (χ2v) is 8.28. The molecule has 2 aliphatic rings. The molecule has 2 aliphatic heterocycles. The molecule has 7 nitrogen and oxygen atoms in total. The normalized spacial score (nSPS) is 23.8. The Morgan fingerprint density at radius 1 is 1.21 bits per heavy atom. The Labute approximate surface area is 170 Å². The van der Waals surface area contributed by atoms with Crippen LogP contribution in [0, 0.1) is 18.8 Å². The molecule has 3 atom stereocenters. The second kappa shape index (κ2) is 6.83. The van der Waals surface area contributed by atoms with Gasteiger partial charge in [-0.15, -0.1) is 10.2 Å². The van der Waals surface area contributed by atoms with Crippen molar-refractivity contribution in [1.82, 2.24) is 24.7 Å². The van der Waals surface area contributed by atoms with Crippen molar-refractivity contribution in [2.45, 2.75) is 33.2 Å². The van der Waals surface area contributed by atoms with Gasteiger partial charge >= 0.3 is 0 Å². The van der Waals surface area contributed by atoms with Gasteiger partial charge in [-0.05, 0) is 30.5 Å². The number of aromatic nitrogens is 4. The van der Waals surface area contributed by atoms with Gasteiger partial charge in [-0.1, -0.05) is 31.2 Å². The number of hydrogen-bond donors (Lipinski definition) is 0. The first-order chi connectivity index (χ1) is 14.1. The summed E-state index contributed by atoms with van der Waals surface area (Å²) in [6.45, 7) is 8.59. The maximum Gasteiger partial charge on any atom is 0.219 e. The van der Waals surface area contributed by atoms with Crippen molar-refractivity contribution in [3.8, 4) is 0 Å². The number of fused-ring (bicyclic) bond motifs is 2. The number of carbonyl (C=O) groups excluding carboxylic acids is 1. The van der Waals surface area contributed by atoms with Gasteiger partial charge in [0.15, 0.2) is 0 Å². The Bertz CT molecular complexity index is 1080. The van der Waals surface area contributed by atoms with Crippen LogP contribution < -0.4 is 4.90 Å². The highest BCUT2D eigenvalue weighted by Crippen LogP contribution is 2.47. The fourth-order valence-corrected chi connectivity index (χ4v) is 5.15. The third-order valence-corrected chi connectivity index (χ3v) is 6.58. The zero-order chi connectivity index (χ0) is 20.1. The Kier molecular flexibility index (Phi) is 4.26. The van der Waals surface area contributed by atoms with E-state index in [1.807, 2.05) is 0 Å². The molecule has 150 valence electrons. The van der Waals surface area contributed by atoms with Crippen LogP contribution in [0.3, 0.4) is 0 Å². The summed E-state index contributed by atoms with van der Waals surface area (Å²) in [4.78, 5) is 16.9. The summed E-state index contributed by atoms with van der Waals surface area (Å²) in [6.07, 6.45) is 2.54. The number of aryl methyl sites for hydroxylation is 2. The molecule has 3 aromatic rings. The third-order valence-electron chi connectivity index (χ3n) is 6.58. The van der Waals surface area contributed by atoms with Gasteiger partial charge in [0.25, 0.3) is 0 Å². The lowest BCUT2D eigenvalue weighted by Gasteiger charge is -2.30. The van der Waals surface area contributed by atoms with E-state index in [2.05, 4.69) is 69.3 Å². The Hall–Kier alpha value is -2.96. The molecule has 7 heteroatoms. The van der Waals surface area contributed by atoms with Crippen LogP contribution in [0.25, 0.3) is 5.65 Å². The predicted molar refractivity (Wildman–Crippen MR) is 111 cm³/mol. The minimum Gasteiger partial charge on any atom is -0.368 e. The largest absolute Gasteiger partial charge is 0.368 e. The minimum atomic E-state index is 0.130. The van der Waals surface area contributed by atoms with Crippen molar-refractivity contribution in [2.24, 2.45) is 11.8 Å². The van der Waals surface area contributed by atoms with E-state index < -0.39 is 0 Å². The number of likely N-dealkylation sites (tertiary alicyclic amines) is 1. The third kappa shape index (κ3) is 2.87. The van der Waals surface area contributed by atoms with Crippen molar-refractivity contribution in [3.05, 3.63) is 53.5 Å². The van der Waals surface area contributed by atoms with Crippen LogP contribution in [0.2, 0.25) is 0 Å². The monoisotopic (exact) mass is 390 g/mol. The molecule has 0 saturated carbocycles. The van der Waals surface area contributed by atoms with E-state index >= 15 is 0 Å². The number of hydrogen-bond acceptors (Lipinski definition) is 5. The molecule has 5 rings (SSSR count). The van der Waals surface area contributed by atoms with Gasteiger partial charge in [-0.2, -0.15) is 9.61 Å². The average molecular weight is 390 g/mol. The number of benzene rings is 1. The van der Waals surface area contributed by atoms with Crippen LogP contribution in [0.5, 0.6) is 0 Å². The lowest BCUT2D eigenvalue weighted by Crippen LogP contribution is -2.34. The number of nitrogens with zero attached hydrogens (tertiary/aromatic N) is 6. The van der Waals surface area contributed by atoms with Crippen molar-refractivity contribution in [1.29, 1.82) is 0 Å². The smallest absolute Gasteiger partial charge is 0.219 e. The highest BCUT2D eigenvalue weighted by atomic mass is 16.2. The molecule has 2 aromatic heterocycles. The van der Waals surface area contributed by atoms with Crippen LogP contribution in [0.15, 0.2) is 36.7 Å². The topological polar surface area (TPSA) is 66.6 Å². The molecule has 0 bridgehead atoms. The van der Waals surface area contributed by atoms with Gasteiger partial charge in [0.2, 0.25) is 11.6 Å². The molecule has 0 aliphatic carbocycles. The van der Waals surface area contributed by atoms with Crippen LogP contribution in [-0.4, -0.2) is 50.3 Å². The van der Waals surface area contributed by atoms with E-state index in [1.165, 1.54) is 11.1 Å². The fraction of sp³-hybridized carbons (Fsp3) is 0.455. The first-order valence-corrected chi connectivity index (χ1v) is 10.3. The molecule has 1 amide bonds. The fourth-order valence-electron chi connectivity index (χ4n) is 5.15. The van der Waals surface area contributed by atoms with Gasteiger partial charge < -0.3 is 9.80 Å². The number of amides is 1. The van der Waals surface area contributed by atoms with Crippen molar-refractivity contribution >= 4 is 17.2 Å². The highest BCUT2D eigenvalue weighted by molar-refractivity contribution is 5.75. The van der Waals surface area contributed by atoms with E-state index in [0.29, 0.717) is 11.8 Å². The van der Waals surface area contributed by atoms with Crippen molar-refractivity contribution in [2.75, 3.05) is 24.5 Å². The van der Waals surface area contributed by atoms with Gasteiger partial charge in [0.1, 0.15) is 6.33 Å². The number of rotatable bonds is 3. The van der Waals surface area contributed by atoms with Crippen LogP contribution in [0.1, 0.15) is 36.7 Å². The van der Waals surface area contributed by atoms with Crippen molar-refractivity contribution in [3.63, 3.8) is 0 Å². The predicted octanol–water partition coefficient (Wildman–Crippen LogP) is 2.65. The summed E-state index contributed by atoms with van der Waals surface area (Å²) in [7, 11) is 0. The van der Waals surface area contributed by atoms with E-state index in [-0.39, 0.29) is 11.9 Å². The van der Waals surface area contributed by atoms with Gasteiger partial charge in [0.05, 0.1) is 17.4 Å². The Morgan fingerprint density at radius 3 is 2.79 bits per heavy atom. The lowest BCUT2D eigenvalue weighted by molar-refractivity contribution is -0.130. The van der Waals surface area contributed by atoms with Crippen LogP contribution >= 0.6 is 0 Å². The standard InChI is InChI=1S/C22H26N6O/c1-4-17-9-20(22-24-23-13-28(22)25-17)26-10-16-11-27(15(3)29)21(19(16)12-26)18-8-6-5-7-14(18)2/h5-9,13,16,19,21H,4,10-12H2,1-3H3/t16-,19-,21+/m1/s1. The molecule has 2 saturated heterocycles. The molecule has 0 spiro atoms. The summed E-state index contributed by atoms with van der Waals surface area (Å²) in [5.74, 6) is 1.02. The number of anilines is 1. The quantitative estimate of drug-likeness (QED) is 0.688. The number of carbonyl (C=O) groups is 1. The molecule has 4 heterocycles. The summed E-state index contributed by atoms with van der Waals surface area (Å²) >= 11 is 0. The van der Waals surface area contributed by atoms with Crippen molar-refractivity contribution < 1.29 is 4.79 Å². The lowest BCUT2D eigenvalue weighted by atomic mass is 9.87. The molecule has 0 radical (unpaired) electrons. The second-order valence-electron chi connectivity index (χ2n) is 8.28. The Balaban J connectivity index is 1.52. The summed E-state index contributed by atoms with van der Waals surface area (Å²) in [6, 6.07) is 10.7. The van der Waals surface area contributed by atoms with E-state index in [0.717, 1.165) is 43.1 Å². The molecule has 2 fully saturated rings. The average Bonchev–Trinajstić information content (AvgIpc) is 3.41. The van der Waals surface area contributed by atoms with E-state index in [9.17, 15) is 4.79 Å². The van der Waals surface area contributed by atoms with Crippen LogP contribution in [-0.2, 0) is 11.2 Å². The molecule has 29 heavy (non-hydrogen) atoms. The van der Waals surface area contributed by atoms with Crippen LogP contribution in [0.4, 0.5) is 5.69 Å². The summed E-state index contributed by atoms with van der Waals surface area (Å²) in [5, 5.41) is 13.0. The first-order valence-electron chi connectivity index (χ1n) is 10.3. The highest BCUT2D eigenvalue weighted by Gasteiger charge is 2.49. The molecule has 1 aromatic carbocycles. The molecular formula is C22H26N6O. The van der Waals surface area contributed by atoms with Gasteiger partial charge in [0, 0.05) is 38.4 Å². The summed E-state index contributed by atoms with van der Waals surface area (Å²) < 4.78 is 1.78. The first kappa shape index (κ1) is 18.1. The molecular weight excluding hydrogens is 364 g/mol. The molecule has 0 N–H and O–H groups in total. The SMILES string of the molecule is CCc1cc(N2C[C@@H]3CN(C(C)=O)[C@@H](c4ccccc4C)[C@@H]3C2)c2nncn2n1. The maximum atomic E-state index is 12.4. The minimum absolute atomic E-state index is 0.130. The zero-order valence-corrected chi connectivity index (χ0v) is 17.1. The Morgan fingerprint density at radius 2 is 2.03 bits per heavy atom. The van der Waals surface area contributed by atoms with E-state index in [1.54, 1.807) is 17.8 Å². The maximum absolute atomic E-state index is 12.4. The van der Waals surface area contributed by atoms with Gasteiger partial charge in [-0.3, -0.25) is 4.79 Å². The van der Waals surface area contributed by atoms with Gasteiger partial charge in [-0.25, -0.2) is 0 Å². The van der Waals surface area contributed by atoms with E-state index in [4.69, 9.17) is 0 Å². The summed E-state index contributed by atoms with van der Waals surface area (Å²) in [5.41, 5.74) is 5.46. The molecule has 0 unspecified atom stereocenters. The zero-order valence-electron chi connectivity index (χ0n) is 17.1.